The molecule has 0 bridgehead atoms. The summed E-state index contributed by atoms with van der Waals surface area (Å²) in [6.07, 6.45) is 2.79. The third-order valence-electron chi connectivity index (χ3n) is 3.04. The lowest BCUT2D eigenvalue weighted by Crippen LogP contribution is -2.47. The Bertz CT molecular complexity index is 237. The van der Waals surface area contributed by atoms with E-state index in [1.807, 2.05) is 6.92 Å². The average molecular weight is 294 g/mol. The van der Waals surface area contributed by atoms with Crippen LogP contribution in [0.3, 0.4) is 0 Å². The molecule has 0 radical (unpaired) electrons. The Morgan fingerprint density at radius 2 is 2.38 bits per heavy atom. The zero-order valence-corrected chi connectivity index (χ0v) is 11.3. The quantitative estimate of drug-likeness (QED) is 0.572. The average Bonchev–Trinajstić information content (AvgIpc) is 2.58. The predicted molar refractivity (Wildman–Crippen MR) is 65.6 cm³/mol. The fourth-order valence-corrected chi connectivity index (χ4v) is 2.12. The molecule has 4 nitrogen and oxygen atoms in total. The third-order valence-corrected chi connectivity index (χ3v) is 3.60. The molecular formula is C11H20BrNO3. The van der Waals surface area contributed by atoms with Gasteiger partial charge in [-0.3, -0.25) is 4.79 Å². The number of halogens is 1. The Morgan fingerprint density at radius 1 is 1.62 bits per heavy atom. The molecule has 0 aromatic carbocycles. The van der Waals surface area contributed by atoms with E-state index in [1.54, 1.807) is 0 Å². The van der Waals surface area contributed by atoms with Crippen LogP contribution in [0.5, 0.6) is 0 Å². The van der Waals surface area contributed by atoms with Gasteiger partial charge >= 0.3 is 0 Å². The summed E-state index contributed by atoms with van der Waals surface area (Å²) in [5.74, 6) is 0.00785. The molecule has 0 aromatic rings. The number of unbranched alkanes of at least 4 members (excludes halogenated alkanes) is 1. The minimum atomic E-state index is -0.884. The highest BCUT2D eigenvalue weighted by Gasteiger charge is 2.39. The minimum Gasteiger partial charge on any atom is -0.385 e. The Kier molecular flexibility index (Phi) is 5.72. The first kappa shape index (κ1) is 13.9. The highest BCUT2D eigenvalue weighted by atomic mass is 79.9. The van der Waals surface area contributed by atoms with E-state index >= 15 is 0 Å². The van der Waals surface area contributed by atoms with E-state index < -0.39 is 5.60 Å². The molecule has 1 aliphatic heterocycles. The van der Waals surface area contributed by atoms with Gasteiger partial charge in [0.05, 0.1) is 6.10 Å². The van der Waals surface area contributed by atoms with Gasteiger partial charge in [-0.15, -0.1) is 0 Å². The van der Waals surface area contributed by atoms with Crippen LogP contribution in [0.25, 0.3) is 0 Å². The van der Waals surface area contributed by atoms with Crippen molar-refractivity contribution in [2.45, 2.75) is 44.3 Å². The van der Waals surface area contributed by atoms with Crippen molar-refractivity contribution in [1.29, 1.82) is 0 Å². The molecule has 2 atom stereocenters. The number of carbonyl (C=O) groups excluding carboxylic acids is 1. The molecule has 94 valence electrons. The lowest BCUT2D eigenvalue weighted by atomic mass is 9.96. The maximum atomic E-state index is 11.4. The second kappa shape index (κ2) is 6.57. The van der Waals surface area contributed by atoms with Crippen molar-refractivity contribution in [3.8, 4) is 0 Å². The van der Waals surface area contributed by atoms with Crippen LogP contribution in [-0.4, -0.2) is 41.2 Å². The summed E-state index contributed by atoms with van der Waals surface area (Å²) in [6, 6.07) is 0. The molecule has 2 unspecified atom stereocenters. The van der Waals surface area contributed by atoms with E-state index in [2.05, 4.69) is 21.2 Å². The molecule has 1 fully saturated rings. The van der Waals surface area contributed by atoms with Crippen molar-refractivity contribution in [2.24, 2.45) is 0 Å². The van der Waals surface area contributed by atoms with Gasteiger partial charge in [0.2, 0.25) is 5.91 Å². The van der Waals surface area contributed by atoms with Gasteiger partial charge in [-0.25, -0.2) is 0 Å². The van der Waals surface area contributed by atoms with E-state index in [1.165, 1.54) is 0 Å². The molecule has 1 amide bonds. The van der Waals surface area contributed by atoms with E-state index in [0.29, 0.717) is 26.0 Å². The van der Waals surface area contributed by atoms with Gasteiger partial charge < -0.3 is 15.2 Å². The first-order chi connectivity index (χ1) is 7.58. The second-order valence-electron chi connectivity index (χ2n) is 4.29. The van der Waals surface area contributed by atoms with Crippen LogP contribution in [0.4, 0.5) is 0 Å². The molecule has 0 spiro atoms. The second-order valence-corrected chi connectivity index (χ2v) is 5.08. The van der Waals surface area contributed by atoms with Crippen molar-refractivity contribution >= 4 is 21.8 Å². The Hall–Kier alpha value is -0.130. The van der Waals surface area contributed by atoms with Crippen molar-refractivity contribution in [3.63, 3.8) is 0 Å². The monoisotopic (exact) mass is 293 g/mol. The van der Waals surface area contributed by atoms with Gasteiger partial charge in [0.25, 0.3) is 0 Å². The molecular weight excluding hydrogens is 274 g/mol. The third kappa shape index (κ3) is 4.03. The van der Waals surface area contributed by atoms with Gasteiger partial charge in [-0.05, 0) is 19.8 Å². The fourth-order valence-electron chi connectivity index (χ4n) is 1.72. The van der Waals surface area contributed by atoms with E-state index in [-0.39, 0.29) is 12.0 Å². The van der Waals surface area contributed by atoms with Crippen LogP contribution in [0.15, 0.2) is 0 Å². The number of nitrogens with one attached hydrogen (secondary N) is 1. The molecule has 1 saturated heterocycles. The van der Waals surface area contributed by atoms with Gasteiger partial charge in [-0.1, -0.05) is 15.9 Å². The summed E-state index contributed by atoms with van der Waals surface area (Å²) in [6.45, 7) is 2.70. The molecule has 5 heteroatoms. The summed E-state index contributed by atoms with van der Waals surface area (Å²) in [5, 5.41) is 13.8. The van der Waals surface area contributed by atoms with Crippen LogP contribution < -0.4 is 5.32 Å². The topological polar surface area (TPSA) is 58.6 Å². The van der Waals surface area contributed by atoms with Gasteiger partial charge in [-0.2, -0.15) is 0 Å². The van der Waals surface area contributed by atoms with Crippen LogP contribution in [0.2, 0.25) is 0 Å². The van der Waals surface area contributed by atoms with Crippen molar-refractivity contribution in [1.82, 2.24) is 5.32 Å². The largest absolute Gasteiger partial charge is 0.385 e. The predicted octanol–water partition coefficient (Wildman–Crippen LogP) is 1.21. The van der Waals surface area contributed by atoms with Crippen molar-refractivity contribution < 1.29 is 14.6 Å². The smallest absolute Gasteiger partial charge is 0.220 e. The summed E-state index contributed by atoms with van der Waals surface area (Å²) in [4.78, 5) is 11.4. The Balaban J connectivity index is 2.20. The summed E-state index contributed by atoms with van der Waals surface area (Å²) >= 11 is 3.32. The highest BCUT2D eigenvalue weighted by Crippen LogP contribution is 2.24. The first-order valence-corrected chi connectivity index (χ1v) is 6.87. The number of alkyl halides is 1. The number of hydrogen-bond acceptors (Lipinski definition) is 3. The molecule has 1 rings (SSSR count). The fraction of sp³-hybridized carbons (Fsp3) is 0.909. The standard InChI is InChI=1S/C11H20BrNO3/c1-9-11(15,5-7-16-9)8-13-10(14)4-2-3-6-12/h9,15H,2-8H2,1H3,(H,13,14). The summed E-state index contributed by atoms with van der Waals surface area (Å²) < 4.78 is 5.29. The number of aliphatic hydroxyl groups is 1. The van der Waals surface area contributed by atoms with Gasteiger partial charge in [0.15, 0.2) is 0 Å². The SMILES string of the molecule is CC1OCCC1(O)CNC(=O)CCCCBr. The van der Waals surface area contributed by atoms with E-state index in [4.69, 9.17) is 4.74 Å². The normalized spacial score (nSPS) is 29.3. The Labute approximate surface area is 105 Å². The number of amides is 1. The van der Waals surface area contributed by atoms with Crippen LogP contribution in [0, 0.1) is 0 Å². The number of hydrogen-bond donors (Lipinski definition) is 2. The molecule has 1 heterocycles. The lowest BCUT2D eigenvalue weighted by molar-refractivity contribution is -0.123. The highest BCUT2D eigenvalue weighted by molar-refractivity contribution is 9.09. The maximum absolute atomic E-state index is 11.4. The molecule has 2 N–H and O–H groups in total. The van der Waals surface area contributed by atoms with Crippen molar-refractivity contribution in [2.75, 3.05) is 18.5 Å². The van der Waals surface area contributed by atoms with Crippen molar-refractivity contribution in [3.05, 3.63) is 0 Å². The molecule has 16 heavy (non-hydrogen) atoms. The number of rotatable bonds is 6. The minimum absolute atomic E-state index is 0.00785. The molecule has 1 aliphatic rings. The van der Waals surface area contributed by atoms with Gasteiger partial charge in [0.1, 0.15) is 5.60 Å². The number of carbonyl (C=O) groups is 1. The first-order valence-electron chi connectivity index (χ1n) is 5.75. The molecule has 0 saturated carbocycles. The van der Waals surface area contributed by atoms with Gasteiger partial charge in [0, 0.05) is 31.3 Å². The zero-order chi connectivity index (χ0) is 12.0. The maximum Gasteiger partial charge on any atom is 0.220 e. The lowest BCUT2D eigenvalue weighted by Gasteiger charge is -2.26. The summed E-state index contributed by atoms with van der Waals surface area (Å²) in [7, 11) is 0. The molecule has 0 aromatic heterocycles. The Morgan fingerprint density at radius 3 is 2.94 bits per heavy atom. The van der Waals surface area contributed by atoms with E-state index in [9.17, 15) is 9.90 Å². The number of ether oxygens (including phenoxy) is 1. The zero-order valence-electron chi connectivity index (χ0n) is 9.67. The summed E-state index contributed by atoms with van der Waals surface area (Å²) in [5.41, 5.74) is -0.884. The van der Waals surface area contributed by atoms with Crippen LogP contribution in [-0.2, 0) is 9.53 Å². The van der Waals surface area contributed by atoms with Crippen LogP contribution in [0.1, 0.15) is 32.6 Å². The van der Waals surface area contributed by atoms with E-state index in [0.717, 1.165) is 18.2 Å². The van der Waals surface area contributed by atoms with Crippen LogP contribution >= 0.6 is 15.9 Å². The molecule has 0 aliphatic carbocycles.